The van der Waals surface area contributed by atoms with Gasteiger partial charge in [0.2, 0.25) is 0 Å². The fraction of sp³-hybridized carbons (Fsp3) is 1.00. The van der Waals surface area contributed by atoms with Crippen LogP contribution in [-0.2, 0) is 0 Å². The van der Waals surface area contributed by atoms with E-state index in [-0.39, 0.29) is 0 Å². The van der Waals surface area contributed by atoms with E-state index in [0.29, 0.717) is 0 Å². The van der Waals surface area contributed by atoms with E-state index < -0.39 is 0 Å². The molecule has 2 nitrogen and oxygen atoms in total. The lowest BCUT2D eigenvalue weighted by Gasteiger charge is -2.52. The van der Waals surface area contributed by atoms with Gasteiger partial charge < -0.3 is 0 Å². The summed E-state index contributed by atoms with van der Waals surface area (Å²) in [5.74, 6) is 1.01. The summed E-state index contributed by atoms with van der Waals surface area (Å²) in [4.78, 5) is 5.77. The second kappa shape index (κ2) is 6.79. The van der Waals surface area contributed by atoms with Crippen molar-refractivity contribution in [2.75, 3.05) is 19.6 Å². The average molecular weight is 278 g/mol. The molecule has 0 aromatic heterocycles. The topological polar surface area (TPSA) is 6.48 Å². The molecule has 2 aliphatic heterocycles. The first-order valence-corrected chi connectivity index (χ1v) is 9.31. The highest BCUT2D eigenvalue weighted by atomic mass is 15.3. The maximum absolute atomic E-state index is 2.95. The molecule has 4 atom stereocenters. The second-order valence-corrected chi connectivity index (χ2v) is 7.50. The minimum Gasteiger partial charge on any atom is -0.298 e. The van der Waals surface area contributed by atoms with Crippen LogP contribution in [0.25, 0.3) is 0 Å². The summed E-state index contributed by atoms with van der Waals surface area (Å²) >= 11 is 0. The summed E-state index contributed by atoms with van der Waals surface area (Å²) in [6, 6.07) is 2.63. The molecule has 1 saturated carbocycles. The Bertz CT molecular complexity index is 304. The van der Waals surface area contributed by atoms with E-state index in [2.05, 4.69) is 23.6 Å². The van der Waals surface area contributed by atoms with Gasteiger partial charge in [-0.15, -0.1) is 0 Å². The number of fused-ring (bicyclic) bond motifs is 1. The molecule has 3 fully saturated rings. The Balaban J connectivity index is 1.66. The van der Waals surface area contributed by atoms with Crippen LogP contribution in [0, 0.1) is 5.92 Å². The smallest absolute Gasteiger partial charge is 0.0224 e. The molecule has 0 aromatic rings. The van der Waals surface area contributed by atoms with Crippen molar-refractivity contribution >= 4 is 0 Å². The Morgan fingerprint density at radius 3 is 2.50 bits per heavy atom. The van der Waals surface area contributed by atoms with Gasteiger partial charge in [-0.3, -0.25) is 9.80 Å². The summed E-state index contributed by atoms with van der Waals surface area (Å²) in [7, 11) is 0. The molecule has 0 spiro atoms. The van der Waals surface area contributed by atoms with E-state index in [9.17, 15) is 0 Å². The van der Waals surface area contributed by atoms with Gasteiger partial charge in [0.15, 0.2) is 0 Å². The molecule has 0 aromatic carbocycles. The van der Waals surface area contributed by atoms with Crippen molar-refractivity contribution in [2.24, 2.45) is 5.92 Å². The molecule has 2 heteroatoms. The molecule has 2 saturated heterocycles. The molecule has 1 aliphatic carbocycles. The third kappa shape index (κ3) is 3.06. The van der Waals surface area contributed by atoms with Crippen LogP contribution in [0.5, 0.6) is 0 Å². The molecule has 0 radical (unpaired) electrons. The van der Waals surface area contributed by atoms with Crippen LogP contribution in [-0.4, -0.2) is 47.6 Å². The summed E-state index contributed by atoms with van der Waals surface area (Å²) in [5, 5.41) is 0. The van der Waals surface area contributed by atoms with Crippen molar-refractivity contribution in [3.63, 3.8) is 0 Å². The molecule has 4 unspecified atom stereocenters. The van der Waals surface area contributed by atoms with Crippen LogP contribution >= 0.6 is 0 Å². The average Bonchev–Trinajstić information content (AvgIpc) is 2.53. The maximum atomic E-state index is 2.95. The first-order valence-electron chi connectivity index (χ1n) is 9.31. The first-order chi connectivity index (χ1) is 9.81. The predicted molar refractivity (Wildman–Crippen MR) is 86.0 cm³/mol. The summed E-state index contributed by atoms with van der Waals surface area (Å²) < 4.78 is 0. The van der Waals surface area contributed by atoms with Crippen molar-refractivity contribution in [3.05, 3.63) is 0 Å². The number of rotatable bonds is 3. The molecule has 0 bridgehead atoms. The van der Waals surface area contributed by atoms with Crippen molar-refractivity contribution < 1.29 is 0 Å². The molecule has 20 heavy (non-hydrogen) atoms. The molecule has 3 aliphatic rings. The van der Waals surface area contributed by atoms with E-state index in [0.717, 1.165) is 24.0 Å². The van der Waals surface area contributed by atoms with Gasteiger partial charge in [0, 0.05) is 31.2 Å². The lowest BCUT2D eigenvalue weighted by molar-refractivity contribution is -0.0285. The van der Waals surface area contributed by atoms with Crippen LogP contribution in [0.2, 0.25) is 0 Å². The summed E-state index contributed by atoms with van der Waals surface area (Å²) in [5.41, 5.74) is 0. The zero-order chi connectivity index (χ0) is 13.9. The third-order valence-corrected chi connectivity index (χ3v) is 6.36. The standard InChI is InChI=1S/C18H34N2/c1-3-15-8-7-10-17(12-15)20-14-18-9-5-6-11-19(18)13-16(20)4-2/h15-18H,3-14H2,1-2H3. The quantitative estimate of drug-likeness (QED) is 0.772. The van der Waals surface area contributed by atoms with Gasteiger partial charge in [0.1, 0.15) is 0 Å². The number of piperazine rings is 1. The highest BCUT2D eigenvalue weighted by Gasteiger charge is 2.38. The highest BCUT2D eigenvalue weighted by Crippen LogP contribution is 2.34. The van der Waals surface area contributed by atoms with Crippen molar-refractivity contribution in [1.82, 2.24) is 9.80 Å². The van der Waals surface area contributed by atoms with Gasteiger partial charge in [0.25, 0.3) is 0 Å². The zero-order valence-corrected chi connectivity index (χ0v) is 13.7. The SMILES string of the molecule is CCC1CCCC(N2CC3CCCCN3CC2CC)C1. The Morgan fingerprint density at radius 2 is 1.70 bits per heavy atom. The Morgan fingerprint density at radius 1 is 0.850 bits per heavy atom. The number of hydrogen-bond donors (Lipinski definition) is 0. The van der Waals surface area contributed by atoms with Crippen LogP contribution < -0.4 is 0 Å². The monoisotopic (exact) mass is 278 g/mol. The summed E-state index contributed by atoms with van der Waals surface area (Å²) in [6.45, 7) is 8.90. The van der Waals surface area contributed by atoms with Gasteiger partial charge >= 0.3 is 0 Å². The van der Waals surface area contributed by atoms with Crippen LogP contribution in [0.1, 0.15) is 71.6 Å². The first kappa shape index (κ1) is 14.8. The Hall–Kier alpha value is -0.0800. The number of piperidine rings is 1. The van der Waals surface area contributed by atoms with Gasteiger partial charge in [-0.1, -0.05) is 39.5 Å². The van der Waals surface area contributed by atoms with E-state index in [4.69, 9.17) is 0 Å². The Labute approximate surface area is 125 Å². The fourth-order valence-corrected chi connectivity index (χ4v) is 5.02. The molecule has 116 valence electrons. The zero-order valence-electron chi connectivity index (χ0n) is 13.7. The van der Waals surface area contributed by atoms with Crippen molar-refractivity contribution in [1.29, 1.82) is 0 Å². The van der Waals surface area contributed by atoms with Gasteiger partial charge in [-0.25, -0.2) is 0 Å². The van der Waals surface area contributed by atoms with Gasteiger partial charge in [-0.05, 0) is 44.6 Å². The van der Waals surface area contributed by atoms with Crippen LogP contribution in [0.3, 0.4) is 0 Å². The fourth-order valence-electron chi connectivity index (χ4n) is 5.02. The van der Waals surface area contributed by atoms with Crippen molar-refractivity contribution in [3.8, 4) is 0 Å². The normalized spacial score (nSPS) is 40.5. The predicted octanol–water partition coefficient (Wildman–Crippen LogP) is 3.90. The van der Waals surface area contributed by atoms with Crippen LogP contribution in [0.15, 0.2) is 0 Å². The molecular formula is C18H34N2. The van der Waals surface area contributed by atoms with Gasteiger partial charge in [-0.2, -0.15) is 0 Å². The minimum absolute atomic E-state index is 0.838. The molecule has 2 heterocycles. The lowest BCUT2D eigenvalue weighted by atomic mass is 9.82. The lowest BCUT2D eigenvalue weighted by Crippen LogP contribution is -2.62. The Kier molecular flexibility index (Phi) is 5.04. The van der Waals surface area contributed by atoms with E-state index in [1.807, 2.05) is 0 Å². The number of nitrogens with zero attached hydrogens (tertiary/aromatic N) is 2. The van der Waals surface area contributed by atoms with E-state index in [1.54, 1.807) is 0 Å². The molecule has 0 N–H and O–H groups in total. The van der Waals surface area contributed by atoms with Crippen molar-refractivity contribution in [2.45, 2.75) is 89.8 Å². The molecule has 3 rings (SSSR count). The van der Waals surface area contributed by atoms with Crippen LogP contribution in [0.4, 0.5) is 0 Å². The minimum atomic E-state index is 0.838. The molecular weight excluding hydrogens is 244 g/mol. The molecule has 0 amide bonds. The highest BCUT2D eigenvalue weighted by molar-refractivity contribution is 4.94. The third-order valence-electron chi connectivity index (χ3n) is 6.36. The van der Waals surface area contributed by atoms with E-state index in [1.165, 1.54) is 77.4 Å². The van der Waals surface area contributed by atoms with E-state index >= 15 is 0 Å². The number of hydrogen-bond acceptors (Lipinski definition) is 2. The largest absolute Gasteiger partial charge is 0.298 e. The summed E-state index contributed by atoms with van der Waals surface area (Å²) in [6.07, 6.45) is 13.0. The maximum Gasteiger partial charge on any atom is 0.0224 e. The second-order valence-electron chi connectivity index (χ2n) is 7.50. The van der Waals surface area contributed by atoms with Gasteiger partial charge in [0.05, 0.1) is 0 Å².